The highest BCUT2D eigenvalue weighted by atomic mass is 19.1. The van der Waals surface area contributed by atoms with Gasteiger partial charge in [0.25, 0.3) is 0 Å². The normalized spacial score (nSPS) is 20.4. The Kier molecular flexibility index (Phi) is 3.10. The summed E-state index contributed by atoms with van der Waals surface area (Å²) in [6.07, 6.45) is 0.0497. The first kappa shape index (κ1) is 13.5. The molecule has 5 N–H and O–H groups in total. The summed E-state index contributed by atoms with van der Waals surface area (Å²) in [6.45, 7) is 0. The van der Waals surface area contributed by atoms with E-state index in [0.717, 1.165) is 17.3 Å². The van der Waals surface area contributed by atoms with Crippen molar-refractivity contribution in [3.05, 3.63) is 65.2 Å². The first-order valence-electron chi connectivity index (χ1n) is 6.43. The Balaban J connectivity index is 1.94. The predicted octanol–water partition coefficient (Wildman–Crippen LogP) is 1.95. The SMILES string of the molecule is NC1=NC(N)(Cc2ccc(F)cc2F)Nc2ccccc21. The maximum absolute atomic E-state index is 13.8. The molecule has 0 spiro atoms. The van der Waals surface area contributed by atoms with Crippen molar-refractivity contribution in [2.24, 2.45) is 16.5 Å². The summed E-state index contributed by atoms with van der Waals surface area (Å²) in [5.41, 5.74) is 13.8. The zero-order valence-corrected chi connectivity index (χ0v) is 11.1. The summed E-state index contributed by atoms with van der Waals surface area (Å²) in [6, 6.07) is 10.7. The number of nitrogens with zero attached hydrogens (tertiary/aromatic N) is 1. The Hall–Kier alpha value is -2.47. The molecule has 0 radical (unpaired) electrons. The van der Waals surface area contributed by atoms with Crippen LogP contribution in [0, 0.1) is 11.6 Å². The quantitative estimate of drug-likeness (QED) is 0.790. The maximum atomic E-state index is 13.8. The van der Waals surface area contributed by atoms with Crippen LogP contribution in [0.1, 0.15) is 11.1 Å². The Morgan fingerprint density at radius 3 is 2.67 bits per heavy atom. The summed E-state index contributed by atoms with van der Waals surface area (Å²) >= 11 is 0. The Morgan fingerprint density at radius 1 is 1.14 bits per heavy atom. The molecule has 6 heteroatoms. The zero-order chi connectivity index (χ0) is 15.0. The van der Waals surface area contributed by atoms with Crippen LogP contribution in [0.25, 0.3) is 0 Å². The van der Waals surface area contributed by atoms with E-state index in [1.807, 2.05) is 24.3 Å². The van der Waals surface area contributed by atoms with Gasteiger partial charge >= 0.3 is 0 Å². The molecule has 0 fully saturated rings. The Bertz CT molecular complexity index is 729. The van der Waals surface area contributed by atoms with Crippen LogP contribution >= 0.6 is 0 Å². The summed E-state index contributed by atoms with van der Waals surface area (Å²) in [5, 5.41) is 3.04. The number of fused-ring (bicyclic) bond motifs is 1. The van der Waals surface area contributed by atoms with E-state index in [-0.39, 0.29) is 17.8 Å². The lowest BCUT2D eigenvalue weighted by Crippen LogP contribution is -2.52. The molecule has 1 atom stereocenters. The molecule has 0 amide bonds. The summed E-state index contributed by atoms with van der Waals surface area (Å²) < 4.78 is 26.7. The first-order valence-corrected chi connectivity index (χ1v) is 6.43. The van der Waals surface area contributed by atoms with Crippen LogP contribution < -0.4 is 16.8 Å². The van der Waals surface area contributed by atoms with E-state index in [1.165, 1.54) is 12.1 Å². The van der Waals surface area contributed by atoms with Gasteiger partial charge in [-0.15, -0.1) is 0 Å². The number of halogens is 2. The average Bonchev–Trinajstić information content (AvgIpc) is 2.42. The number of para-hydroxylation sites is 1. The number of nitrogens with one attached hydrogen (secondary N) is 1. The zero-order valence-electron chi connectivity index (χ0n) is 11.1. The van der Waals surface area contributed by atoms with Crippen molar-refractivity contribution in [2.75, 3.05) is 5.32 Å². The van der Waals surface area contributed by atoms with E-state index in [9.17, 15) is 8.78 Å². The molecule has 0 aliphatic carbocycles. The molecule has 1 unspecified atom stereocenters. The second-order valence-electron chi connectivity index (χ2n) is 5.00. The van der Waals surface area contributed by atoms with E-state index < -0.39 is 17.4 Å². The molecular formula is C15H14F2N4. The minimum atomic E-state index is -1.27. The lowest BCUT2D eigenvalue weighted by molar-refractivity contribution is 0.482. The van der Waals surface area contributed by atoms with Gasteiger partial charge in [-0.1, -0.05) is 18.2 Å². The molecule has 21 heavy (non-hydrogen) atoms. The van der Waals surface area contributed by atoms with Gasteiger partial charge < -0.3 is 11.1 Å². The maximum Gasteiger partial charge on any atom is 0.188 e. The van der Waals surface area contributed by atoms with Crippen molar-refractivity contribution in [2.45, 2.75) is 12.2 Å². The number of benzene rings is 2. The number of amidine groups is 1. The van der Waals surface area contributed by atoms with E-state index >= 15 is 0 Å². The van der Waals surface area contributed by atoms with Gasteiger partial charge in [0.1, 0.15) is 17.5 Å². The number of rotatable bonds is 2. The second-order valence-corrected chi connectivity index (χ2v) is 5.00. The molecule has 2 aromatic rings. The minimum absolute atomic E-state index is 0.0497. The smallest absolute Gasteiger partial charge is 0.188 e. The molecule has 1 aliphatic rings. The van der Waals surface area contributed by atoms with Crippen LogP contribution in [0.4, 0.5) is 14.5 Å². The predicted molar refractivity (Wildman–Crippen MR) is 77.8 cm³/mol. The van der Waals surface area contributed by atoms with E-state index in [4.69, 9.17) is 11.5 Å². The lowest BCUT2D eigenvalue weighted by Gasteiger charge is -2.33. The molecule has 1 aliphatic heterocycles. The highest BCUT2D eigenvalue weighted by molar-refractivity contribution is 6.04. The lowest BCUT2D eigenvalue weighted by atomic mass is 10.0. The fraction of sp³-hybridized carbons (Fsp3) is 0.133. The first-order chi connectivity index (χ1) is 9.97. The van der Waals surface area contributed by atoms with Gasteiger partial charge in [-0.25, -0.2) is 13.8 Å². The van der Waals surface area contributed by atoms with Crippen LogP contribution in [0.15, 0.2) is 47.5 Å². The van der Waals surface area contributed by atoms with Gasteiger partial charge in [0, 0.05) is 23.7 Å². The molecule has 1 heterocycles. The topological polar surface area (TPSA) is 76.4 Å². The molecule has 2 aromatic carbocycles. The van der Waals surface area contributed by atoms with Gasteiger partial charge in [0.2, 0.25) is 0 Å². The highest BCUT2D eigenvalue weighted by Gasteiger charge is 2.31. The molecule has 3 rings (SSSR count). The van der Waals surface area contributed by atoms with Gasteiger partial charge in [-0.05, 0) is 23.8 Å². The van der Waals surface area contributed by atoms with Crippen molar-refractivity contribution in [1.82, 2.24) is 0 Å². The summed E-state index contributed by atoms with van der Waals surface area (Å²) in [5.74, 6) is -2.27. The van der Waals surface area contributed by atoms with Crippen molar-refractivity contribution >= 4 is 11.5 Å². The molecule has 108 valence electrons. The monoisotopic (exact) mass is 288 g/mol. The molecule has 0 saturated heterocycles. The molecule has 0 bridgehead atoms. The van der Waals surface area contributed by atoms with Crippen LogP contribution in [0.5, 0.6) is 0 Å². The van der Waals surface area contributed by atoms with Crippen molar-refractivity contribution in [1.29, 1.82) is 0 Å². The molecule has 4 nitrogen and oxygen atoms in total. The van der Waals surface area contributed by atoms with Crippen molar-refractivity contribution in [3.8, 4) is 0 Å². The second kappa shape index (κ2) is 4.82. The van der Waals surface area contributed by atoms with Crippen molar-refractivity contribution < 1.29 is 8.78 Å². The van der Waals surface area contributed by atoms with Crippen LogP contribution in [-0.4, -0.2) is 11.6 Å². The van der Waals surface area contributed by atoms with Gasteiger partial charge in [0.15, 0.2) is 5.79 Å². The highest BCUT2D eigenvalue weighted by Crippen LogP contribution is 2.26. The number of anilines is 1. The third-order valence-electron chi connectivity index (χ3n) is 3.35. The number of aliphatic imine (C=N–C) groups is 1. The fourth-order valence-electron chi connectivity index (χ4n) is 2.39. The van der Waals surface area contributed by atoms with Gasteiger partial charge in [-0.3, -0.25) is 5.73 Å². The van der Waals surface area contributed by atoms with E-state index in [0.29, 0.717) is 0 Å². The standard InChI is InChI=1S/C15H14F2N4/c16-10-6-5-9(12(17)7-10)8-15(19)20-13-4-2-1-3-11(13)14(18)21-15/h1-7,20H,8,19H2,(H2,18,21). The molecule has 0 aromatic heterocycles. The minimum Gasteiger partial charge on any atom is -0.383 e. The summed E-state index contributed by atoms with van der Waals surface area (Å²) in [4.78, 5) is 4.22. The summed E-state index contributed by atoms with van der Waals surface area (Å²) in [7, 11) is 0. The Labute approximate surface area is 120 Å². The number of hydrogen-bond acceptors (Lipinski definition) is 4. The number of hydrogen-bond donors (Lipinski definition) is 3. The van der Waals surface area contributed by atoms with Gasteiger partial charge in [-0.2, -0.15) is 0 Å². The largest absolute Gasteiger partial charge is 0.383 e. The molecular weight excluding hydrogens is 274 g/mol. The van der Waals surface area contributed by atoms with Crippen LogP contribution in [0.3, 0.4) is 0 Å². The van der Waals surface area contributed by atoms with E-state index in [1.54, 1.807) is 0 Å². The van der Waals surface area contributed by atoms with Crippen molar-refractivity contribution in [3.63, 3.8) is 0 Å². The van der Waals surface area contributed by atoms with Gasteiger partial charge in [0.05, 0.1) is 0 Å². The molecule has 0 saturated carbocycles. The van der Waals surface area contributed by atoms with Crippen LogP contribution in [0.2, 0.25) is 0 Å². The Morgan fingerprint density at radius 2 is 1.90 bits per heavy atom. The van der Waals surface area contributed by atoms with Crippen LogP contribution in [-0.2, 0) is 6.42 Å². The average molecular weight is 288 g/mol. The fourth-order valence-corrected chi connectivity index (χ4v) is 2.39. The van der Waals surface area contributed by atoms with E-state index in [2.05, 4.69) is 10.3 Å². The third-order valence-corrected chi connectivity index (χ3v) is 3.35. The number of nitrogens with two attached hydrogens (primary N) is 2. The third kappa shape index (κ3) is 2.57.